The number of halogens is 2. The molecule has 1 aliphatic heterocycles. The maximum Gasteiger partial charge on any atom is 0.143 e. The van der Waals surface area contributed by atoms with Crippen LogP contribution in [0.3, 0.4) is 0 Å². The Hall–Kier alpha value is -0.0600. The first-order valence-corrected chi connectivity index (χ1v) is 8.25. The standard InChI is InChI=1S/C15H21Br2NO/c1-15(2,3)11-4-5-18(9-11)8-10-6-12(16)14(19)13(17)7-10/h6-7,11,19H,4-5,8-9H2,1-3H3. The van der Waals surface area contributed by atoms with Crippen LogP contribution in [0, 0.1) is 11.3 Å². The third-order valence-corrected chi connectivity index (χ3v) is 5.19. The number of hydrogen-bond donors (Lipinski definition) is 1. The van der Waals surface area contributed by atoms with Gasteiger partial charge in [-0.3, -0.25) is 4.90 Å². The number of aromatic hydroxyl groups is 1. The monoisotopic (exact) mass is 389 g/mol. The van der Waals surface area contributed by atoms with E-state index >= 15 is 0 Å². The van der Waals surface area contributed by atoms with Gasteiger partial charge in [0.15, 0.2) is 0 Å². The van der Waals surface area contributed by atoms with Crippen LogP contribution in [-0.2, 0) is 6.54 Å². The molecule has 106 valence electrons. The molecule has 4 heteroatoms. The number of rotatable bonds is 2. The van der Waals surface area contributed by atoms with Crippen LogP contribution in [0.25, 0.3) is 0 Å². The molecule has 0 amide bonds. The van der Waals surface area contributed by atoms with E-state index in [2.05, 4.69) is 57.5 Å². The van der Waals surface area contributed by atoms with Crippen molar-refractivity contribution in [1.82, 2.24) is 4.90 Å². The SMILES string of the molecule is CC(C)(C)C1CCN(Cc2cc(Br)c(O)c(Br)c2)C1. The van der Waals surface area contributed by atoms with Crippen molar-refractivity contribution >= 4 is 31.9 Å². The Morgan fingerprint density at radius 2 is 1.84 bits per heavy atom. The van der Waals surface area contributed by atoms with Crippen molar-refractivity contribution in [3.8, 4) is 5.75 Å². The van der Waals surface area contributed by atoms with E-state index in [1.54, 1.807) is 0 Å². The van der Waals surface area contributed by atoms with Gasteiger partial charge in [-0.25, -0.2) is 0 Å². The maximum absolute atomic E-state index is 9.73. The Balaban J connectivity index is 2.04. The van der Waals surface area contributed by atoms with E-state index in [4.69, 9.17) is 0 Å². The average molecular weight is 391 g/mol. The van der Waals surface area contributed by atoms with Crippen LogP contribution in [0.4, 0.5) is 0 Å². The van der Waals surface area contributed by atoms with E-state index in [0.29, 0.717) is 5.41 Å². The lowest BCUT2D eigenvalue weighted by Crippen LogP contribution is -2.25. The average Bonchev–Trinajstić information content (AvgIpc) is 2.74. The van der Waals surface area contributed by atoms with E-state index in [-0.39, 0.29) is 5.75 Å². The lowest BCUT2D eigenvalue weighted by atomic mass is 9.80. The van der Waals surface area contributed by atoms with Gasteiger partial charge in [0.05, 0.1) is 8.95 Å². The topological polar surface area (TPSA) is 23.5 Å². The van der Waals surface area contributed by atoms with Gasteiger partial charge in [0.2, 0.25) is 0 Å². The van der Waals surface area contributed by atoms with Gasteiger partial charge in [-0.15, -0.1) is 0 Å². The van der Waals surface area contributed by atoms with Crippen molar-refractivity contribution in [3.05, 3.63) is 26.6 Å². The van der Waals surface area contributed by atoms with E-state index in [1.165, 1.54) is 18.5 Å². The number of phenols is 1. The second-order valence-electron chi connectivity index (χ2n) is 6.49. The second kappa shape index (κ2) is 5.74. The van der Waals surface area contributed by atoms with Crippen molar-refractivity contribution in [3.63, 3.8) is 0 Å². The minimum absolute atomic E-state index is 0.276. The van der Waals surface area contributed by atoms with E-state index in [0.717, 1.165) is 28.0 Å². The number of hydrogen-bond acceptors (Lipinski definition) is 2. The van der Waals surface area contributed by atoms with Crippen LogP contribution in [0.2, 0.25) is 0 Å². The Bertz CT molecular complexity index is 445. The molecule has 1 unspecified atom stereocenters. The molecule has 0 saturated carbocycles. The zero-order chi connectivity index (χ0) is 14.2. The summed E-state index contributed by atoms with van der Waals surface area (Å²) in [7, 11) is 0. The summed E-state index contributed by atoms with van der Waals surface area (Å²) in [6, 6.07) is 4.01. The third-order valence-electron chi connectivity index (χ3n) is 3.98. The first kappa shape index (κ1) is 15.3. The lowest BCUT2D eigenvalue weighted by Gasteiger charge is -2.27. The van der Waals surface area contributed by atoms with Gasteiger partial charge in [0.25, 0.3) is 0 Å². The summed E-state index contributed by atoms with van der Waals surface area (Å²) in [5, 5.41) is 9.73. The van der Waals surface area contributed by atoms with Gasteiger partial charge in [-0.1, -0.05) is 20.8 Å². The molecule has 1 saturated heterocycles. The van der Waals surface area contributed by atoms with Crippen molar-refractivity contribution in [2.45, 2.75) is 33.7 Å². The van der Waals surface area contributed by atoms with Crippen LogP contribution >= 0.6 is 31.9 Å². The second-order valence-corrected chi connectivity index (χ2v) is 8.20. The van der Waals surface area contributed by atoms with Gasteiger partial charge in [-0.05, 0) is 73.9 Å². The molecule has 0 radical (unpaired) electrons. The summed E-state index contributed by atoms with van der Waals surface area (Å²) in [6.45, 7) is 10.3. The molecule has 0 spiro atoms. The summed E-state index contributed by atoms with van der Waals surface area (Å²) in [5.74, 6) is 1.05. The van der Waals surface area contributed by atoms with Gasteiger partial charge in [-0.2, -0.15) is 0 Å². The molecule has 2 nitrogen and oxygen atoms in total. The molecule has 1 N–H and O–H groups in total. The molecule has 1 heterocycles. The summed E-state index contributed by atoms with van der Waals surface area (Å²) >= 11 is 6.78. The normalized spacial score (nSPS) is 21.0. The van der Waals surface area contributed by atoms with Crippen LogP contribution in [0.5, 0.6) is 5.75 Å². The fourth-order valence-corrected chi connectivity index (χ4v) is 3.93. The van der Waals surface area contributed by atoms with E-state index in [1.807, 2.05) is 12.1 Å². The quantitative estimate of drug-likeness (QED) is 0.784. The molecule has 0 bridgehead atoms. The Kier molecular flexibility index (Phi) is 4.63. The Labute approximate surface area is 132 Å². The minimum Gasteiger partial charge on any atom is -0.506 e. The molecule has 2 rings (SSSR count). The molecule has 0 aromatic heterocycles. The summed E-state index contributed by atoms with van der Waals surface area (Å²) in [6.07, 6.45) is 1.28. The zero-order valence-corrected chi connectivity index (χ0v) is 14.9. The maximum atomic E-state index is 9.73. The highest BCUT2D eigenvalue weighted by Gasteiger charge is 2.31. The fraction of sp³-hybridized carbons (Fsp3) is 0.600. The van der Waals surface area contributed by atoms with Crippen LogP contribution < -0.4 is 0 Å². The molecule has 1 atom stereocenters. The van der Waals surface area contributed by atoms with Crippen molar-refractivity contribution < 1.29 is 5.11 Å². The predicted molar refractivity (Wildman–Crippen MR) is 86.3 cm³/mol. The first-order chi connectivity index (χ1) is 8.77. The molecule has 1 fully saturated rings. The Morgan fingerprint density at radius 3 is 2.32 bits per heavy atom. The highest BCUT2D eigenvalue weighted by molar-refractivity contribution is 9.11. The molecule has 0 aliphatic carbocycles. The van der Waals surface area contributed by atoms with Gasteiger partial charge < -0.3 is 5.11 Å². The van der Waals surface area contributed by atoms with Gasteiger partial charge in [0.1, 0.15) is 5.75 Å². The largest absolute Gasteiger partial charge is 0.506 e. The summed E-state index contributed by atoms with van der Waals surface area (Å²) in [4.78, 5) is 2.50. The lowest BCUT2D eigenvalue weighted by molar-refractivity contribution is 0.226. The van der Waals surface area contributed by atoms with Gasteiger partial charge >= 0.3 is 0 Å². The van der Waals surface area contributed by atoms with E-state index < -0.39 is 0 Å². The number of nitrogens with zero attached hydrogens (tertiary/aromatic N) is 1. The first-order valence-electron chi connectivity index (χ1n) is 6.66. The highest BCUT2D eigenvalue weighted by atomic mass is 79.9. The molecule has 19 heavy (non-hydrogen) atoms. The van der Waals surface area contributed by atoms with Gasteiger partial charge in [0, 0.05) is 13.1 Å². The zero-order valence-electron chi connectivity index (χ0n) is 11.7. The molecular weight excluding hydrogens is 370 g/mol. The third kappa shape index (κ3) is 3.73. The number of benzene rings is 1. The molecular formula is C15H21Br2NO. The summed E-state index contributed by atoms with van der Waals surface area (Å²) in [5.41, 5.74) is 1.62. The van der Waals surface area contributed by atoms with Crippen molar-refractivity contribution in [2.24, 2.45) is 11.3 Å². The summed E-state index contributed by atoms with van der Waals surface area (Å²) < 4.78 is 1.51. The number of phenolic OH excluding ortho intramolecular Hbond substituents is 1. The number of likely N-dealkylation sites (tertiary alicyclic amines) is 1. The van der Waals surface area contributed by atoms with Crippen LogP contribution in [-0.4, -0.2) is 23.1 Å². The van der Waals surface area contributed by atoms with Crippen LogP contribution in [0.15, 0.2) is 21.1 Å². The van der Waals surface area contributed by atoms with Crippen LogP contribution in [0.1, 0.15) is 32.8 Å². The fourth-order valence-electron chi connectivity index (χ4n) is 2.65. The predicted octanol–water partition coefficient (Wildman–Crippen LogP) is 4.79. The van der Waals surface area contributed by atoms with Crippen molar-refractivity contribution in [1.29, 1.82) is 0 Å². The smallest absolute Gasteiger partial charge is 0.143 e. The minimum atomic E-state index is 0.276. The van der Waals surface area contributed by atoms with E-state index in [9.17, 15) is 5.11 Å². The molecule has 1 aliphatic rings. The molecule has 1 aromatic rings. The Morgan fingerprint density at radius 1 is 1.26 bits per heavy atom. The van der Waals surface area contributed by atoms with Crippen molar-refractivity contribution in [2.75, 3.05) is 13.1 Å². The highest BCUT2D eigenvalue weighted by Crippen LogP contribution is 2.36. The molecule has 1 aromatic carbocycles.